The third kappa shape index (κ3) is 7.58. The summed E-state index contributed by atoms with van der Waals surface area (Å²) >= 11 is 7.35. The molecule has 0 aliphatic heterocycles. The number of nitrogens with one attached hydrogen (secondary N) is 1. The van der Waals surface area contributed by atoms with Gasteiger partial charge in [-0.25, -0.2) is 0 Å². The van der Waals surface area contributed by atoms with E-state index < -0.39 is 6.04 Å². The van der Waals surface area contributed by atoms with E-state index in [1.54, 1.807) is 31.1 Å². The molecule has 0 spiro atoms. The fraction of sp³-hybridized carbons (Fsp3) is 0.391. The molecule has 2 rings (SSSR count). The van der Waals surface area contributed by atoms with Gasteiger partial charge in [0.15, 0.2) is 0 Å². The van der Waals surface area contributed by atoms with Gasteiger partial charge in [-0.15, -0.1) is 11.8 Å². The number of hydrogen-bond acceptors (Lipinski definition) is 4. The van der Waals surface area contributed by atoms with Crippen molar-refractivity contribution in [3.05, 3.63) is 59.1 Å². The van der Waals surface area contributed by atoms with Gasteiger partial charge in [0.05, 0.1) is 12.9 Å². The maximum atomic E-state index is 13.1. The van der Waals surface area contributed by atoms with Crippen LogP contribution in [0.5, 0.6) is 5.75 Å². The Morgan fingerprint density at radius 2 is 1.83 bits per heavy atom. The molecule has 0 saturated heterocycles. The van der Waals surface area contributed by atoms with Crippen LogP contribution in [-0.2, 0) is 16.1 Å². The van der Waals surface area contributed by atoms with Gasteiger partial charge >= 0.3 is 0 Å². The summed E-state index contributed by atoms with van der Waals surface area (Å²) in [6.07, 6.45) is 0. The van der Waals surface area contributed by atoms with Crippen LogP contribution in [-0.4, -0.2) is 42.2 Å². The maximum absolute atomic E-state index is 13.1. The van der Waals surface area contributed by atoms with Gasteiger partial charge in [-0.3, -0.25) is 9.59 Å². The van der Waals surface area contributed by atoms with Crippen LogP contribution in [0.3, 0.4) is 0 Å². The number of halogens is 1. The highest BCUT2D eigenvalue weighted by atomic mass is 35.5. The summed E-state index contributed by atoms with van der Waals surface area (Å²) in [5.41, 5.74) is 0.905. The van der Waals surface area contributed by atoms with Crippen molar-refractivity contribution < 1.29 is 14.3 Å². The smallest absolute Gasteiger partial charge is 0.242 e. The predicted molar refractivity (Wildman–Crippen MR) is 123 cm³/mol. The molecular weight excluding hydrogens is 420 g/mol. The second kappa shape index (κ2) is 11.9. The van der Waals surface area contributed by atoms with Crippen LogP contribution >= 0.6 is 23.4 Å². The average molecular weight is 449 g/mol. The minimum absolute atomic E-state index is 0.107. The molecule has 2 aromatic carbocycles. The third-order valence-electron chi connectivity index (χ3n) is 4.51. The van der Waals surface area contributed by atoms with E-state index in [9.17, 15) is 9.59 Å². The van der Waals surface area contributed by atoms with E-state index in [-0.39, 0.29) is 17.6 Å². The van der Waals surface area contributed by atoms with Crippen LogP contribution in [0.25, 0.3) is 0 Å². The molecule has 0 aliphatic rings. The summed E-state index contributed by atoms with van der Waals surface area (Å²) in [5, 5.41) is 3.58. The standard InChI is InChI=1S/C23H29ClN2O3S/c1-16(2)13-25-23(28)17(3)26(14-18-6-5-7-20(12-18)29-4)22(27)15-30-21-10-8-19(24)9-11-21/h5-12,16-17H,13-15H2,1-4H3,(H,25,28)/t17-/m1/s1. The Kier molecular flexibility index (Phi) is 9.53. The Morgan fingerprint density at radius 1 is 1.13 bits per heavy atom. The topological polar surface area (TPSA) is 58.6 Å². The zero-order valence-electron chi connectivity index (χ0n) is 17.9. The lowest BCUT2D eigenvalue weighted by molar-refractivity contribution is -0.138. The number of nitrogens with zero attached hydrogens (tertiary/aromatic N) is 1. The van der Waals surface area contributed by atoms with Crippen molar-refractivity contribution in [2.75, 3.05) is 19.4 Å². The molecule has 2 aromatic rings. The highest BCUT2D eigenvalue weighted by Gasteiger charge is 2.26. The molecule has 7 heteroatoms. The summed E-state index contributed by atoms with van der Waals surface area (Å²) in [5.74, 6) is 1.02. The molecule has 162 valence electrons. The molecule has 0 fully saturated rings. The van der Waals surface area contributed by atoms with Crippen molar-refractivity contribution in [2.24, 2.45) is 5.92 Å². The maximum Gasteiger partial charge on any atom is 0.242 e. The van der Waals surface area contributed by atoms with E-state index >= 15 is 0 Å². The first-order valence-electron chi connectivity index (χ1n) is 9.88. The largest absolute Gasteiger partial charge is 0.497 e. The van der Waals surface area contributed by atoms with Crippen molar-refractivity contribution in [3.63, 3.8) is 0 Å². The van der Waals surface area contributed by atoms with Crippen LogP contribution in [0.4, 0.5) is 0 Å². The van der Waals surface area contributed by atoms with Crippen molar-refractivity contribution in [1.82, 2.24) is 10.2 Å². The Balaban J connectivity index is 2.14. The minimum atomic E-state index is -0.590. The van der Waals surface area contributed by atoms with Crippen LogP contribution in [0.1, 0.15) is 26.3 Å². The Hall–Kier alpha value is -2.18. The van der Waals surface area contributed by atoms with Crippen LogP contribution in [0.15, 0.2) is 53.4 Å². The summed E-state index contributed by atoms with van der Waals surface area (Å²) in [7, 11) is 1.60. The van der Waals surface area contributed by atoms with Gasteiger partial charge in [0.1, 0.15) is 11.8 Å². The van der Waals surface area contributed by atoms with Gasteiger partial charge in [-0.1, -0.05) is 37.6 Å². The van der Waals surface area contributed by atoms with Crippen LogP contribution in [0.2, 0.25) is 5.02 Å². The van der Waals surface area contributed by atoms with Crippen LogP contribution in [0, 0.1) is 5.92 Å². The lowest BCUT2D eigenvalue weighted by atomic mass is 10.1. The number of amides is 2. The molecule has 1 atom stereocenters. The molecular formula is C23H29ClN2O3S. The number of carbonyl (C=O) groups is 2. The second-order valence-corrected chi connectivity index (χ2v) is 8.92. The molecule has 30 heavy (non-hydrogen) atoms. The molecule has 0 aromatic heterocycles. The molecule has 1 N–H and O–H groups in total. The highest BCUT2D eigenvalue weighted by Crippen LogP contribution is 2.22. The van der Waals surface area contributed by atoms with Crippen molar-refractivity contribution in [1.29, 1.82) is 0 Å². The highest BCUT2D eigenvalue weighted by molar-refractivity contribution is 8.00. The van der Waals surface area contributed by atoms with E-state index in [2.05, 4.69) is 5.32 Å². The summed E-state index contributed by atoms with van der Waals surface area (Å²) in [4.78, 5) is 28.3. The van der Waals surface area contributed by atoms with Gasteiger partial charge < -0.3 is 15.0 Å². The van der Waals surface area contributed by atoms with Crippen molar-refractivity contribution >= 4 is 35.2 Å². The van der Waals surface area contributed by atoms with Crippen LogP contribution < -0.4 is 10.1 Å². The number of hydrogen-bond donors (Lipinski definition) is 1. The summed E-state index contributed by atoms with van der Waals surface area (Å²) in [6, 6.07) is 14.3. The Labute approximate surface area is 188 Å². The first kappa shape index (κ1) is 24.1. The number of ether oxygens (including phenoxy) is 1. The molecule has 2 amide bonds. The molecule has 0 aliphatic carbocycles. The normalized spacial score (nSPS) is 11.8. The second-order valence-electron chi connectivity index (χ2n) is 7.43. The van der Waals surface area contributed by atoms with E-state index in [0.29, 0.717) is 29.8 Å². The zero-order valence-corrected chi connectivity index (χ0v) is 19.4. The third-order valence-corrected chi connectivity index (χ3v) is 5.76. The number of rotatable bonds is 10. The monoisotopic (exact) mass is 448 g/mol. The minimum Gasteiger partial charge on any atom is -0.497 e. The fourth-order valence-corrected chi connectivity index (χ4v) is 3.67. The molecule has 0 saturated carbocycles. The molecule has 0 bridgehead atoms. The van der Waals surface area contributed by atoms with E-state index in [1.165, 1.54) is 11.8 Å². The molecule has 5 nitrogen and oxygen atoms in total. The van der Waals surface area contributed by atoms with Gasteiger partial charge in [-0.05, 0) is 54.8 Å². The SMILES string of the molecule is COc1cccc(CN(C(=O)CSc2ccc(Cl)cc2)[C@H](C)C(=O)NCC(C)C)c1. The first-order chi connectivity index (χ1) is 14.3. The lowest BCUT2D eigenvalue weighted by Crippen LogP contribution is -2.48. The number of carbonyl (C=O) groups excluding carboxylic acids is 2. The summed E-state index contributed by atoms with van der Waals surface area (Å²) < 4.78 is 5.29. The number of thioether (sulfide) groups is 1. The molecule has 0 unspecified atom stereocenters. The van der Waals surface area contributed by atoms with E-state index in [0.717, 1.165) is 10.5 Å². The van der Waals surface area contributed by atoms with Crippen molar-refractivity contribution in [2.45, 2.75) is 38.3 Å². The predicted octanol–water partition coefficient (Wildman–Crippen LogP) is 4.63. The van der Waals surface area contributed by atoms with Gasteiger partial charge in [0.25, 0.3) is 0 Å². The van der Waals surface area contributed by atoms with E-state index in [1.807, 2.05) is 50.2 Å². The van der Waals surface area contributed by atoms with Gasteiger partial charge in [0, 0.05) is 23.0 Å². The fourth-order valence-electron chi connectivity index (χ4n) is 2.76. The number of benzene rings is 2. The van der Waals surface area contributed by atoms with E-state index in [4.69, 9.17) is 16.3 Å². The molecule has 0 heterocycles. The van der Waals surface area contributed by atoms with Gasteiger partial charge in [0.2, 0.25) is 11.8 Å². The lowest BCUT2D eigenvalue weighted by Gasteiger charge is -2.29. The van der Waals surface area contributed by atoms with Crippen molar-refractivity contribution in [3.8, 4) is 5.75 Å². The number of methoxy groups -OCH3 is 1. The zero-order chi connectivity index (χ0) is 22.1. The quantitative estimate of drug-likeness (QED) is 0.538. The molecule has 0 radical (unpaired) electrons. The average Bonchev–Trinajstić information content (AvgIpc) is 2.74. The first-order valence-corrected chi connectivity index (χ1v) is 11.2. The summed E-state index contributed by atoms with van der Waals surface area (Å²) in [6.45, 7) is 6.73. The van der Waals surface area contributed by atoms with Gasteiger partial charge in [-0.2, -0.15) is 0 Å². The Bertz CT molecular complexity index is 843. The Morgan fingerprint density at radius 3 is 2.47 bits per heavy atom.